The minimum absolute atomic E-state index is 0.108. The Kier molecular flexibility index (Phi) is 5.18. The molecular formula is C19H19FN4O3. The van der Waals surface area contributed by atoms with Gasteiger partial charge in [-0.3, -0.25) is 10.1 Å². The smallest absolute Gasteiger partial charge is 0.292 e. The molecule has 0 radical (unpaired) electrons. The summed E-state index contributed by atoms with van der Waals surface area (Å²) in [5.41, 5.74) is 2.58. The van der Waals surface area contributed by atoms with Gasteiger partial charge in [0.2, 0.25) is 0 Å². The van der Waals surface area contributed by atoms with Gasteiger partial charge in [0.25, 0.3) is 5.69 Å². The van der Waals surface area contributed by atoms with E-state index in [1.165, 1.54) is 28.9 Å². The molecule has 140 valence electrons. The van der Waals surface area contributed by atoms with Crippen LogP contribution in [0.15, 0.2) is 48.8 Å². The molecule has 8 heteroatoms. The molecule has 0 saturated carbocycles. The van der Waals surface area contributed by atoms with Crippen LogP contribution in [0.5, 0.6) is 0 Å². The number of hydrogen-bond acceptors (Lipinski definition) is 5. The molecule has 27 heavy (non-hydrogen) atoms. The van der Waals surface area contributed by atoms with Crippen LogP contribution < -0.4 is 5.32 Å². The average molecular weight is 370 g/mol. The first-order valence-electron chi connectivity index (χ1n) is 8.35. The third kappa shape index (κ3) is 3.95. The maximum atomic E-state index is 14.5. The molecule has 1 aromatic heterocycles. The molecule has 0 spiro atoms. The zero-order valence-electron chi connectivity index (χ0n) is 14.9. The van der Waals surface area contributed by atoms with Gasteiger partial charge >= 0.3 is 0 Å². The molecule has 3 aromatic rings. The van der Waals surface area contributed by atoms with Crippen molar-refractivity contribution in [1.82, 2.24) is 9.78 Å². The monoisotopic (exact) mass is 370 g/mol. The maximum absolute atomic E-state index is 14.5. The molecule has 0 bridgehead atoms. The fourth-order valence-corrected chi connectivity index (χ4v) is 2.80. The molecule has 3 rings (SSSR count). The van der Waals surface area contributed by atoms with Gasteiger partial charge in [0.1, 0.15) is 17.2 Å². The number of aromatic nitrogens is 2. The maximum Gasteiger partial charge on any atom is 0.292 e. The van der Waals surface area contributed by atoms with Crippen LogP contribution in [0.1, 0.15) is 29.7 Å². The molecule has 0 amide bonds. The number of nitro groups is 1. The van der Waals surface area contributed by atoms with E-state index in [1.54, 1.807) is 31.5 Å². The van der Waals surface area contributed by atoms with E-state index in [1.807, 2.05) is 6.92 Å². The number of aryl methyl sites for hydroxylation is 1. The lowest BCUT2D eigenvalue weighted by molar-refractivity contribution is -0.384. The third-order valence-corrected chi connectivity index (χ3v) is 4.24. The van der Waals surface area contributed by atoms with Crippen molar-refractivity contribution >= 4 is 11.4 Å². The van der Waals surface area contributed by atoms with Crippen molar-refractivity contribution in [3.8, 4) is 5.69 Å². The molecule has 1 heterocycles. The molecular weight excluding hydrogens is 351 g/mol. The predicted octanol–water partition coefficient (Wildman–Crippen LogP) is 3.89. The van der Waals surface area contributed by atoms with Crippen molar-refractivity contribution in [2.75, 3.05) is 5.32 Å². The van der Waals surface area contributed by atoms with Crippen LogP contribution in [-0.4, -0.2) is 19.8 Å². The molecule has 0 aliphatic heterocycles. The number of anilines is 1. The van der Waals surface area contributed by atoms with E-state index >= 15 is 0 Å². The Morgan fingerprint density at radius 1 is 1.33 bits per heavy atom. The highest BCUT2D eigenvalue weighted by molar-refractivity contribution is 5.63. The number of aliphatic hydroxyl groups excluding tert-OH is 1. The third-order valence-electron chi connectivity index (χ3n) is 4.24. The average Bonchev–Trinajstić information content (AvgIpc) is 3.07. The van der Waals surface area contributed by atoms with E-state index in [9.17, 15) is 19.6 Å². The fourth-order valence-electron chi connectivity index (χ4n) is 2.80. The molecule has 2 aromatic carbocycles. The van der Waals surface area contributed by atoms with Gasteiger partial charge < -0.3 is 10.4 Å². The van der Waals surface area contributed by atoms with Crippen molar-refractivity contribution < 1.29 is 14.4 Å². The quantitative estimate of drug-likeness (QED) is 0.507. The van der Waals surface area contributed by atoms with Gasteiger partial charge in [-0.05, 0) is 54.8 Å². The minimum Gasteiger partial charge on any atom is -0.392 e. The van der Waals surface area contributed by atoms with Gasteiger partial charge in [-0.1, -0.05) is 6.07 Å². The van der Waals surface area contributed by atoms with E-state index in [0.717, 1.165) is 5.56 Å². The van der Waals surface area contributed by atoms with Crippen LogP contribution in [0, 0.1) is 22.9 Å². The lowest BCUT2D eigenvalue weighted by Crippen LogP contribution is -2.10. The van der Waals surface area contributed by atoms with Gasteiger partial charge in [-0.2, -0.15) is 5.10 Å². The van der Waals surface area contributed by atoms with Crippen molar-refractivity contribution in [2.45, 2.75) is 26.5 Å². The Labute approximate surface area is 155 Å². The van der Waals surface area contributed by atoms with Crippen molar-refractivity contribution in [3.63, 3.8) is 0 Å². The Morgan fingerprint density at radius 2 is 2.11 bits per heavy atom. The topological polar surface area (TPSA) is 93.2 Å². The second kappa shape index (κ2) is 7.55. The molecule has 1 unspecified atom stereocenters. The number of halogens is 1. The molecule has 1 atom stereocenters. The summed E-state index contributed by atoms with van der Waals surface area (Å²) in [7, 11) is 0. The van der Waals surface area contributed by atoms with Crippen LogP contribution in [-0.2, 0) is 6.61 Å². The van der Waals surface area contributed by atoms with Crippen LogP contribution in [0.2, 0.25) is 0 Å². The van der Waals surface area contributed by atoms with Gasteiger partial charge in [-0.15, -0.1) is 0 Å². The van der Waals surface area contributed by atoms with Crippen LogP contribution in [0.25, 0.3) is 5.69 Å². The van der Waals surface area contributed by atoms with Gasteiger partial charge in [0.05, 0.1) is 17.7 Å². The van der Waals surface area contributed by atoms with Crippen molar-refractivity contribution in [1.29, 1.82) is 0 Å². The van der Waals surface area contributed by atoms with Gasteiger partial charge in [0.15, 0.2) is 0 Å². The van der Waals surface area contributed by atoms with E-state index in [2.05, 4.69) is 10.4 Å². The molecule has 0 fully saturated rings. The highest BCUT2D eigenvalue weighted by atomic mass is 19.1. The van der Waals surface area contributed by atoms with E-state index in [-0.39, 0.29) is 24.0 Å². The molecule has 0 aliphatic carbocycles. The zero-order chi connectivity index (χ0) is 19.6. The summed E-state index contributed by atoms with van der Waals surface area (Å²) >= 11 is 0. The van der Waals surface area contributed by atoms with Crippen molar-refractivity contribution in [2.24, 2.45) is 0 Å². The van der Waals surface area contributed by atoms with E-state index in [0.29, 0.717) is 16.8 Å². The summed E-state index contributed by atoms with van der Waals surface area (Å²) in [5, 5.41) is 27.6. The number of nitrogens with one attached hydrogen (secondary N) is 1. The molecule has 0 aliphatic rings. The summed E-state index contributed by atoms with van der Waals surface area (Å²) in [6, 6.07) is 8.71. The number of aliphatic hydroxyl groups is 1. The second-order valence-corrected chi connectivity index (χ2v) is 6.31. The first-order chi connectivity index (χ1) is 12.9. The second-order valence-electron chi connectivity index (χ2n) is 6.31. The number of nitrogens with zero attached hydrogens (tertiary/aromatic N) is 3. The Balaban J connectivity index is 1.87. The van der Waals surface area contributed by atoms with Gasteiger partial charge in [0, 0.05) is 18.3 Å². The largest absolute Gasteiger partial charge is 0.392 e. The Bertz CT molecular complexity index is 987. The normalized spacial score (nSPS) is 12.0. The van der Waals surface area contributed by atoms with Crippen LogP contribution >= 0.6 is 0 Å². The molecule has 2 N–H and O–H groups in total. The highest BCUT2D eigenvalue weighted by Gasteiger charge is 2.18. The minimum atomic E-state index is -0.500. The predicted molar refractivity (Wildman–Crippen MR) is 99.3 cm³/mol. The van der Waals surface area contributed by atoms with E-state index < -0.39 is 10.7 Å². The number of hydrogen-bond donors (Lipinski definition) is 2. The van der Waals surface area contributed by atoms with E-state index in [4.69, 9.17) is 0 Å². The van der Waals surface area contributed by atoms with Crippen LogP contribution in [0.3, 0.4) is 0 Å². The first kappa shape index (κ1) is 18.5. The zero-order valence-corrected chi connectivity index (χ0v) is 14.9. The highest BCUT2D eigenvalue weighted by Crippen LogP contribution is 2.30. The molecule has 7 nitrogen and oxygen atoms in total. The summed E-state index contributed by atoms with van der Waals surface area (Å²) in [6.07, 6.45) is 3.37. The van der Waals surface area contributed by atoms with Crippen molar-refractivity contribution in [3.05, 3.63) is 81.4 Å². The summed E-state index contributed by atoms with van der Waals surface area (Å²) in [6.45, 7) is 3.42. The number of rotatable bonds is 6. The summed E-state index contributed by atoms with van der Waals surface area (Å²) < 4.78 is 16.0. The van der Waals surface area contributed by atoms with Crippen LogP contribution in [0.4, 0.5) is 15.8 Å². The lowest BCUT2D eigenvalue weighted by atomic mass is 10.1. The number of benzene rings is 2. The standard InChI is InChI=1S/C19H19FN4O3/c1-12-9-21-23(10-12)18-6-4-15(8-16(18)20)13(2)22-17-7-14(11-25)3-5-19(17)24(26)27/h3-10,13,22,25H,11H2,1-2H3. The SMILES string of the molecule is Cc1cnn(-c2ccc(C(C)Nc3cc(CO)ccc3[N+](=O)[O-])cc2F)c1. The Morgan fingerprint density at radius 3 is 2.70 bits per heavy atom. The fraction of sp³-hybridized carbons (Fsp3) is 0.211. The van der Waals surface area contributed by atoms with Gasteiger partial charge in [-0.25, -0.2) is 9.07 Å². The first-order valence-corrected chi connectivity index (χ1v) is 8.35. The number of nitro benzene ring substituents is 1. The summed E-state index contributed by atoms with van der Waals surface area (Å²) in [4.78, 5) is 10.7. The summed E-state index contributed by atoms with van der Waals surface area (Å²) in [5.74, 6) is -0.442. The lowest BCUT2D eigenvalue weighted by Gasteiger charge is -2.17. The molecule has 0 saturated heterocycles. The Hall–Kier alpha value is -3.26.